The van der Waals surface area contributed by atoms with E-state index >= 15 is 0 Å². The van der Waals surface area contributed by atoms with Crippen LogP contribution in [0, 0.1) is 0 Å². The molecule has 3 rings (SSSR count). The molecule has 5 heteroatoms. The number of rotatable bonds is 3. The van der Waals surface area contributed by atoms with E-state index in [1.807, 2.05) is 6.07 Å². The molecule has 0 spiro atoms. The standard InChI is InChI=1S/C11H11ClN4/c12-11-13-4-3-8(14-11)5-9-6-10(16-15-9)7-1-2-7/h3-4,6-7H,1-2,5H2,(H,15,16). The first-order valence-corrected chi connectivity index (χ1v) is 5.70. The third-order valence-corrected chi connectivity index (χ3v) is 2.88. The van der Waals surface area contributed by atoms with Gasteiger partial charge in [-0.05, 0) is 36.6 Å². The summed E-state index contributed by atoms with van der Waals surface area (Å²) in [4.78, 5) is 8.00. The predicted octanol–water partition coefficient (Wildman–Crippen LogP) is 2.32. The van der Waals surface area contributed by atoms with E-state index in [4.69, 9.17) is 11.6 Å². The minimum absolute atomic E-state index is 0.291. The Morgan fingerprint density at radius 2 is 2.31 bits per heavy atom. The van der Waals surface area contributed by atoms with Gasteiger partial charge in [-0.1, -0.05) is 0 Å². The molecular formula is C11H11ClN4. The van der Waals surface area contributed by atoms with Crippen LogP contribution in [0.3, 0.4) is 0 Å². The summed E-state index contributed by atoms with van der Waals surface area (Å²) < 4.78 is 0. The van der Waals surface area contributed by atoms with Gasteiger partial charge in [0.15, 0.2) is 0 Å². The first kappa shape index (κ1) is 9.78. The maximum Gasteiger partial charge on any atom is 0.222 e. The normalized spacial score (nSPS) is 15.3. The minimum atomic E-state index is 0.291. The molecule has 1 fully saturated rings. The number of hydrogen-bond donors (Lipinski definition) is 1. The van der Waals surface area contributed by atoms with Crippen LogP contribution in [0.5, 0.6) is 0 Å². The third kappa shape index (κ3) is 2.07. The SMILES string of the molecule is Clc1nccc(Cc2cc(C3CC3)n[nH]2)n1. The summed E-state index contributed by atoms with van der Waals surface area (Å²) in [6.07, 6.45) is 4.93. The first-order valence-electron chi connectivity index (χ1n) is 5.33. The monoisotopic (exact) mass is 234 g/mol. The molecule has 1 aliphatic carbocycles. The van der Waals surface area contributed by atoms with Crippen molar-refractivity contribution in [3.05, 3.63) is 40.7 Å². The van der Waals surface area contributed by atoms with Crippen LogP contribution in [-0.4, -0.2) is 20.2 Å². The van der Waals surface area contributed by atoms with Crippen molar-refractivity contribution in [2.75, 3.05) is 0 Å². The second-order valence-corrected chi connectivity index (χ2v) is 4.42. The van der Waals surface area contributed by atoms with Crippen molar-refractivity contribution >= 4 is 11.6 Å². The highest BCUT2D eigenvalue weighted by Gasteiger charge is 2.25. The Bertz CT molecular complexity index is 504. The topological polar surface area (TPSA) is 54.5 Å². The molecule has 0 atom stereocenters. The van der Waals surface area contributed by atoms with Gasteiger partial charge in [0.05, 0.1) is 11.4 Å². The van der Waals surface area contributed by atoms with Crippen LogP contribution < -0.4 is 0 Å². The van der Waals surface area contributed by atoms with Crippen LogP contribution in [-0.2, 0) is 6.42 Å². The average molecular weight is 235 g/mol. The molecule has 1 aliphatic rings. The number of hydrogen-bond acceptors (Lipinski definition) is 3. The highest BCUT2D eigenvalue weighted by atomic mass is 35.5. The van der Waals surface area contributed by atoms with Crippen molar-refractivity contribution < 1.29 is 0 Å². The molecule has 0 aliphatic heterocycles. The highest BCUT2D eigenvalue weighted by Crippen LogP contribution is 2.39. The molecule has 0 saturated heterocycles. The number of aromatic nitrogens is 4. The Hall–Kier alpha value is -1.42. The molecule has 82 valence electrons. The molecular weight excluding hydrogens is 224 g/mol. The molecule has 16 heavy (non-hydrogen) atoms. The van der Waals surface area contributed by atoms with Gasteiger partial charge in [0, 0.05) is 24.2 Å². The van der Waals surface area contributed by atoms with E-state index in [1.54, 1.807) is 6.20 Å². The molecule has 0 unspecified atom stereocenters. The average Bonchev–Trinajstić information content (AvgIpc) is 3.01. The fourth-order valence-corrected chi connectivity index (χ4v) is 1.89. The predicted molar refractivity (Wildman–Crippen MR) is 60.4 cm³/mol. The Morgan fingerprint density at radius 3 is 3.06 bits per heavy atom. The lowest BCUT2D eigenvalue weighted by molar-refractivity contribution is 0.925. The summed E-state index contributed by atoms with van der Waals surface area (Å²) in [5.41, 5.74) is 3.16. The molecule has 0 bridgehead atoms. The van der Waals surface area contributed by atoms with Crippen molar-refractivity contribution in [3.8, 4) is 0 Å². The summed E-state index contributed by atoms with van der Waals surface area (Å²) in [5.74, 6) is 0.680. The van der Waals surface area contributed by atoms with Crippen LogP contribution >= 0.6 is 11.6 Å². The Balaban J connectivity index is 1.77. The van der Waals surface area contributed by atoms with Gasteiger partial charge < -0.3 is 0 Å². The number of H-pyrrole nitrogens is 1. The van der Waals surface area contributed by atoms with E-state index < -0.39 is 0 Å². The van der Waals surface area contributed by atoms with E-state index in [9.17, 15) is 0 Å². The van der Waals surface area contributed by atoms with Gasteiger partial charge in [-0.3, -0.25) is 5.10 Å². The fourth-order valence-electron chi connectivity index (χ4n) is 1.72. The van der Waals surface area contributed by atoms with Crippen LogP contribution in [0.2, 0.25) is 5.28 Å². The quantitative estimate of drug-likeness (QED) is 0.830. The van der Waals surface area contributed by atoms with E-state index in [0.29, 0.717) is 11.2 Å². The van der Waals surface area contributed by atoms with Gasteiger partial charge in [-0.25, -0.2) is 9.97 Å². The van der Waals surface area contributed by atoms with Gasteiger partial charge in [-0.2, -0.15) is 5.10 Å². The summed E-state index contributed by atoms with van der Waals surface area (Å²) in [5, 5.41) is 7.63. The van der Waals surface area contributed by atoms with Crippen LogP contribution in [0.25, 0.3) is 0 Å². The number of nitrogens with zero attached hydrogens (tertiary/aromatic N) is 3. The smallest absolute Gasteiger partial charge is 0.222 e. The summed E-state index contributed by atoms with van der Waals surface area (Å²) in [6, 6.07) is 3.98. The number of aromatic amines is 1. The highest BCUT2D eigenvalue weighted by molar-refractivity contribution is 6.28. The lowest BCUT2D eigenvalue weighted by Crippen LogP contribution is -1.93. The van der Waals surface area contributed by atoms with Crippen molar-refractivity contribution in [3.63, 3.8) is 0 Å². The molecule has 4 nitrogen and oxygen atoms in total. The molecule has 1 saturated carbocycles. The van der Waals surface area contributed by atoms with Gasteiger partial charge in [0.1, 0.15) is 0 Å². The van der Waals surface area contributed by atoms with Crippen LogP contribution in [0.4, 0.5) is 0 Å². The summed E-state index contributed by atoms with van der Waals surface area (Å²) in [7, 11) is 0. The number of halogens is 1. The molecule has 2 heterocycles. The zero-order chi connectivity index (χ0) is 11.0. The minimum Gasteiger partial charge on any atom is -0.282 e. The van der Waals surface area contributed by atoms with Crippen LogP contribution in [0.1, 0.15) is 35.8 Å². The van der Waals surface area contributed by atoms with Crippen molar-refractivity contribution in [2.45, 2.75) is 25.2 Å². The van der Waals surface area contributed by atoms with E-state index in [2.05, 4.69) is 26.2 Å². The second-order valence-electron chi connectivity index (χ2n) is 4.09. The Kier molecular flexibility index (Phi) is 2.36. The zero-order valence-electron chi connectivity index (χ0n) is 8.65. The largest absolute Gasteiger partial charge is 0.282 e. The van der Waals surface area contributed by atoms with E-state index in [1.165, 1.54) is 18.5 Å². The van der Waals surface area contributed by atoms with Crippen molar-refractivity contribution in [2.24, 2.45) is 0 Å². The molecule has 2 aromatic heterocycles. The van der Waals surface area contributed by atoms with Gasteiger partial charge in [0.2, 0.25) is 5.28 Å². The molecule has 1 N–H and O–H groups in total. The van der Waals surface area contributed by atoms with Crippen LogP contribution in [0.15, 0.2) is 18.3 Å². The fraction of sp³-hybridized carbons (Fsp3) is 0.364. The van der Waals surface area contributed by atoms with Crippen molar-refractivity contribution in [1.82, 2.24) is 20.2 Å². The van der Waals surface area contributed by atoms with Gasteiger partial charge in [0.25, 0.3) is 0 Å². The second kappa shape index (κ2) is 3.87. The van der Waals surface area contributed by atoms with E-state index in [-0.39, 0.29) is 0 Å². The third-order valence-electron chi connectivity index (χ3n) is 2.70. The van der Waals surface area contributed by atoms with E-state index in [0.717, 1.165) is 17.8 Å². The molecule has 0 amide bonds. The zero-order valence-corrected chi connectivity index (χ0v) is 9.41. The first-order chi connectivity index (χ1) is 7.81. The Labute approximate surface area is 98.1 Å². The molecule has 2 aromatic rings. The van der Waals surface area contributed by atoms with Gasteiger partial charge in [-0.15, -0.1) is 0 Å². The maximum atomic E-state index is 5.73. The maximum absolute atomic E-state index is 5.73. The molecule has 0 aromatic carbocycles. The van der Waals surface area contributed by atoms with Gasteiger partial charge >= 0.3 is 0 Å². The Morgan fingerprint density at radius 1 is 1.44 bits per heavy atom. The summed E-state index contributed by atoms with van der Waals surface area (Å²) >= 11 is 5.73. The molecule has 0 radical (unpaired) electrons. The lowest BCUT2D eigenvalue weighted by Gasteiger charge is -1.96. The number of nitrogens with one attached hydrogen (secondary N) is 1. The summed E-state index contributed by atoms with van der Waals surface area (Å²) in [6.45, 7) is 0. The lowest BCUT2D eigenvalue weighted by atomic mass is 10.2. The van der Waals surface area contributed by atoms with Crippen molar-refractivity contribution in [1.29, 1.82) is 0 Å².